The van der Waals surface area contributed by atoms with E-state index >= 15 is 0 Å². The quantitative estimate of drug-likeness (QED) is 0.554. The van der Waals surface area contributed by atoms with E-state index < -0.39 is 12.1 Å². The molecule has 4 rings (SSSR count). The smallest absolute Gasteiger partial charge is 0.339 e. The number of nitrogens with one attached hydrogen (secondary N) is 1. The van der Waals surface area contributed by atoms with Crippen LogP contribution in [0.3, 0.4) is 0 Å². The highest BCUT2D eigenvalue weighted by Crippen LogP contribution is 2.26. The maximum absolute atomic E-state index is 12.6. The number of esters is 1. The molecule has 0 amide bonds. The first kappa shape index (κ1) is 16.2. The van der Waals surface area contributed by atoms with Crippen LogP contribution >= 0.6 is 11.3 Å². The molecule has 0 aliphatic rings. The van der Waals surface area contributed by atoms with Gasteiger partial charge in [-0.05, 0) is 24.4 Å². The number of nitrogens with zero attached hydrogens (tertiary/aromatic N) is 2. The number of carbonyl (C=O) groups is 1. The fourth-order valence-corrected chi connectivity index (χ4v) is 3.19. The zero-order chi connectivity index (χ0) is 18.1. The lowest BCUT2D eigenvalue weighted by molar-refractivity contribution is 0.0282. The number of carbonyl (C=O) groups excluding carboxylic acids is 1. The van der Waals surface area contributed by atoms with E-state index in [1.807, 2.05) is 17.5 Å². The number of aromatic amines is 1. The minimum absolute atomic E-state index is 0.189. The van der Waals surface area contributed by atoms with Crippen molar-refractivity contribution in [3.8, 4) is 10.8 Å². The lowest BCUT2D eigenvalue weighted by atomic mass is 10.1. The Labute approximate surface area is 151 Å². The Bertz CT molecular complexity index is 1130. The molecule has 8 heteroatoms. The third kappa shape index (κ3) is 3.02. The van der Waals surface area contributed by atoms with Gasteiger partial charge in [-0.1, -0.05) is 24.3 Å². The third-order valence-electron chi connectivity index (χ3n) is 3.77. The lowest BCUT2D eigenvalue weighted by Crippen LogP contribution is -2.14. The Morgan fingerprint density at radius 2 is 2.08 bits per heavy atom. The first-order chi connectivity index (χ1) is 12.6. The number of rotatable bonds is 4. The monoisotopic (exact) mass is 367 g/mol. The van der Waals surface area contributed by atoms with Gasteiger partial charge < -0.3 is 14.1 Å². The van der Waals surface area contributed by atoms with Crippen molar-refractivity contribution >= 4 is 28.2 Å². The Morgan fingerprint density at radius 3 is 2.88 bits per heavy atom. The molecule has 0 bridgehead atoms. The summed E-state index contributed by atoms with van der Waals surface area (Å²) in [6.45, 7) is 1.64. The molecule has 0 aliphatic carbocycles. The normalized spacial score (nSPS) is 12.2. The largest absolute Gasteiger partial charge is 0.449 e. The number of H-pyrrole nitrogens is 1. The molecule has 3 aromatic heterocycles. The molecule has 26 heavy (non-hydrogen) atoms. The van der Waals surface area contributed by atoms with Gasteiger partial charge in [0.2, 0.25) is 5.56 Å². The third-order valence-corrected chi connectivity index (χ3v) is 4.63. The molecule has 0 saturated carbocycles. The van der Waals surface area contributed by atoms with E-state index in [1.54, 1.807) is 31.2 Å². The second kappa shape index (κ2) is 6.57. The predicted molar refractivity (Wildman–Crippen MR) is 96.0 cm³/mol. The zero-order valence-corrected chi connectivity index (χ0v) is 14.4. The molecule has 0 saturated heterocycles. The summed E-state index contributed by atoms with van der Waals surface area (Å²) in [5.74, 6) is -0.0638. The summed E-state index contributed by atoms with van der Waals surface area (Å²) < 4.78 is 11.0. The molecule has 0 aliphatic heterocycles. The number of hydrogen-bond acceptors (Lipinski definition) is 7. The van der Waals surface area contributed by atoms with Crippen molar-refractivity contribution in [2.24, 2.45) is 0 Å². The van der Waals surface area contributed by atoms with E-state index in [-0.39, 0.29) is 17.0 Å². The molecule has 130 valence electrons. The lowest BCUT2D eigenvalue weighted by Gasteiger charge is -2.10. The molecule has 0 radical (unpaired) electrons. The van der Waals surface area contributed by atoms with Crippen LogP contribution in [0, 0.1) is 0 Å². The van der Waals surface area contributed by atoms with Gasteiger partial charge in [-0.2, -0.15) is 0 Å². The summed E-state index contributed by atoms with van der Waals surface area (Å²) in [5.41, 5.74) is 0.382. The van der Waals surface area contributed by atoms with E-state index in [4.69, 9.17) is 9.15 Å². The van der Waals surface area contributed by atoms with Gasteiger partial charge in [0.15, 0.2) is 6.10 Å². The first-order valence-electron chi connectivity index (χ1n) is 7.82. The van der Waals surface area contributed by atoms with Crippen LogP contribution in [0.2, 0.25) is 0 Å². The van der Waals surface area contributed by atoms with Crippen molar-refractivity contribution in [2.45, 2.75) is 13.0 Å². The van der Waals surface area contributed by atoms with Crippen LogP contribution in [-0.2, 0) is 4.74 Å². The Morgan fingerprint density at radius 1 is 1.23 bits per heavy atom. The summed E-state index contributed by atoms with van der Waals surface area (Å²) in [6, 6.07) is 12.0. The number of fused-ring (bicyclic) bond motifs is 1. The maximum atomic E-state index is 12.6. The van der Waals surface area contributed by atoms with Gasteiger partial charge in [0.05, 0.1) is 10.4 Å². The first-order valence-corrected chi connectivity index (χ1v) is 8.70. The molecule has 4 aromatic rings. The molecular formula is C18H13N3O4S. The Balaban J connectivity index is 1.60. The van der Waals surface area contributed by atoms with Crippen LogP contribution in [0.1, 0.15) is 29.3 Å². The van der Waals surface area contributed by atoms with Crippen molar-refractivity contribution in [3.05, 3.63) is 69.7 Å². The van der Waals surface area contributed by atoms with Crippen molar-refractivity contribution in [2.75, 3.05) is 0 Å². The topological polar surface area (TPSA) is 98.1 Å². The summed E-state index contributed by atoms with van der Waals surface area (Å²) in [4.78, 5) is 27.9. The molecule has 1 atom stereocenters. The molecular weight excluding hydrogens is 354 g/mol. The van der Waals surface area contributed by atoms with E-state index in [9.17, 15) is 9.59 Å². The summed E-state index contributed by atoms with van der Waals surface area (Å²) in [5, 5.41) is 10.4. The number of thiophene rings is 1. The van der Waals surface area contributed by atoms with Gasteiger partial charge in [0, 0.05) is 17.0 Å². The molecule has 7 nitrogen and oxygen atoms in total. The second-order valence-corrected chi connectivity index (χ2v) is 6.51. The fraction of sp³-hybridized carbons (Fsp3) is 0.111. The van der Waals surface area contributed by atoms with Crippen molar-refractivity contribution in [1.29, 1.82) is 0 Å². The molecule has 1 aromatic carbocycles. The Hall–Kier alpha value is -3.26. The van der Waals surface area contributed by atoms with E-state index in [2.05, 4.69) is 15.2 Å². The van der Waals surface area contributed by atoms with Crippen LogP contribution in [-0.4, -0.2) is 21.2 Å². The van der Waals surface area contributed by atoms with Gasteiger partial charge in [-0.25, -0.2) is 4.79 Å². The number of pyridine rings is 1. The fourth-order valence-electron chi connectivity index (χ4n) is 2.55. The molecule has 0 unspecified atom stereocenters. The number of hydrogen-bond donors (Lipinski definition) is 1. The van der Waals surface area contributed by atoms with Gasteiger partial charge in [0.1, 0.15) is 0 Å². The van der Waals surface area contributed by atoms with Gasteiger partial charge in [-0.15, -0.1) is 21.5 Å². The molecule has 3 heterocycles. The molecule has 1 N–H and O–H groups in total. The number of aromatic nitrogens is 3. The van der Waals surface area contributed by atoms with Crippen molar-refractivity contribution in [1.82, 2.24) is 15.2 Å². The van der Waals surface area contributed by atoms with Crippen molar-refractivity contribution in [3.63, 3.8) is 0 Å². The van der Waals surface area contributed by atoms with Crippen LogP contribution < -0.4 is 5.56 Å². The number of para-hydroxylation sites is 1. The zero-order valence-electron chi connectivity index (χ0n) is 13.6. The predicted octanol–water partition coefficient (Wildman–Crippen LogP) is 3.56. The van der Waals surface area contributed by atoms with Gasteiger partial charge in [0.25, 0.3) is 11.8 Å². The highest BCUT2D eigenvalue weighted by Gasteiger charge is 2.21. The van der Waals surface area contributed by atoms with Crippen LogP contribution in [0.5, 0.6) is 0 Å². The summed E-state index contributed by atoms with van der Waals surface area (Å²) in [7, 11) is 0. The Kier molecular flexibility index (Phi) is 4.10. The van der Waals surface area contributed by atoms with Crippen LogP contribution in [0.25, 0.3) is 21.7 Å². The van der Waals surface area contributed by atoms with Crippen LogP contribution in [0.4, 0.5) is 0 Å². The van der Waals surface area contributed by atoms with Gasteiger partial charge in [-0.3, -0.25) is 4.79 Å². The summed E-state index contributed by atoms with van der Waals surface area (Å²) in [6.07, 6.45) is -0.748. The molecule has 0 fully saturated rings. The maximum Gasteiger partial charge on any atom is 0.339 e. The standard InChI is InChI=1S/C18H13N3O4S/c1-10(16-20-21-17(25-16)14-7-4-8-26-14)24-18(23)12-9-15(22)19-13-6-3-2-5-11(12)13/h2-10H,1H3,(H,19,22)/t10-/m1/s1. The van der Waals surface area contributed by atoms with E-state index in [1.165, 1.54) is 17.4 Å². The van der Waals surface area contributed by atoms with Gasteiger partial charge >= 0.3 is 5.97 Å². The number of ether oxygens (including phenoxy) is 1. The number of benzene rings is 1. The minimum atomic E-state index is -0.748. The average Bonchev–Trinajstić information content (AvgIpc) is 3.32. The second-order valence-electron chi connectivity index (χ2n) is 5.56. The summed E-state index contributed by atoms with van der Waals surface area (Å²) >= 11 is 1.47. The highest BCUT2D eigenvalue weighted by atomic mass is 32.1. The van der Waals surface area contributed by atoms with Crippen LogP contribution in [0.15, 0.2) is 57.1 Å². The minimum Gasteiger partial charge on any atom is -0.449 e. The van der Waals surface area contributed by atoms with E-state index in [0.717, 1.165) is 4.88 Å². The average molecular weight is 367 g/mol. The SMILES string of the molecule is C[C@@H](OC(=O)c1cc(=O)[nH]c2ccccc12)c1nnc(-c2cccs2)o1. The van der Waals surface area contributed by atoms with Crippen molar-refractivity contribution < 1.29 is 13.9 Å². The van der Waals surface area contributed by atoms with E-state index in [0.29, 0.717) is 16.8 Å². The molecule has 0 spiro atoms. The highest BCUT2D eigenvalue weighted by molar-refractivity contribution is 7.13.